The zero-order chi connectivity index (χ0) is 22.8. The molecule has 1 aliphatic rings. The molecule has 168 valence electrons. The Hall–Kier alpha value is -3.34. The van der Waals surface area contributed by atoms with Gasteiger partial charge in [-0.3, -0.25) is 14.4 Å². The molecule has 32 heavy (non-hydrogen) atoms. The SMILES string of the molecule is CN.CN1CCCN(c2nc3c(cc2F)cc(C(=O)NO)c2nc4ccccc4n23)CC1. The summed E-state index contributed by atoms with van der Waals surface area (Å²) in [6.07, 6.45) is 0.925. The minimum atomic E-state index is -0.711. The van der Waals surface area contributed by atoms with Gasteiger partial charge in [0.25, 0.3) is 5.91 Å². The largest absolute Gasteiger partial charge is 0.353 e. The number of pyridine rings is 2. The van der Waals surface area contributed by atoms with Crippen molar-refractivity contribution in [1.29, 1.82) is 0 Å². The monoisotopic (exact) mass is 439 g/mol. The van der Waals surface area contributed by atoms with E-state index in [4.69, 9.17) is 4.98 Å². The van der Waals surface area contributed by atoms with Crippen LogP contribution in [-0.4, -0.2) is 70.7 Å². The molecule has 4 N–H and O–H groups in total. The van der Waals surface area contributed by atoms with Gasteiger partial charge >= 0.3 is 0 Å². The fourth-order valence-corrected chi connectivity index (χ4v) is 4.12. The molecule has 5 rings (SSSR count). The van der Waals surface area contributed by atoms with Crippen molar-refractivity contribution in [1.82, 2.24) is 24.7 Å². The molecule has 0 spiro atoms. The highest BCUT2D eigenvalue weighted by atomic mass is 19.1. The molecule has 0 aliphatic carbocycles. The van der Waals surface area contributed by atoms with E-state index < -0.39 is 11.7 Å². The number of hydrogen-bond acceptors (Lipinski definition) is 7. The van der Waals surface area contributed by atoms with Crippen LogP contribution in [-0.2, 0) is 0 Å². The predicted molar refractivity (Wildman–Crippen MR) is 122 cm³/mol. The zero-order valence-electron chi connectivity index (χ0n) is 18.0. The second kappa shape index (κ2) is 9.03. The number of imidazole rings is 1. The van der Waals surface area contributed by atoms with Crippen LogP contribution in [0.15, 0.2) is 36.4 Å². The third-order valence-electron chi connectivity index (χ3n) is 5.64. The molecule has 10 heteroatoms. The number of carbonyl (C=O) groups excluding carboxylic acids is 1. The van der Waals surface area contributed by atoms with Crippen LogP contribution in [0.25, 0.3) is 27.7 Å². The summed E-state index contributed by atoms with van der Waals surface area (Å²) in [5.41, 5.74) is 8.61. The number of nitrogens with one attached hydrogen (secondary N) is 1. The maximum Gasteiger partial charge on any atom is 0.278 e. The van der Waals surface area contributed by atoms with Crippen LogP contribution in [0.2, 0.25) is 0 Å². The third-order valence-corrected chi connectivity index (χ3v) is 5.64. The molecule has 4 aromatic rings. The Bertz CT molecular complexity index is 1290. The van der Waals surface area contributed by atoms with Crippen molar-refractivity contribution in [2.24, 2.45) is 5.73 Å². The van der Waals surface area contributed by atoms with Crippen molar-refractivity contribution >= 4 is 39.4 Å². The van der Waals surface area contributed by atoms with Gasteiger partial charge in [0, 0.05) is 25.0 Å². The number of anilines is 1. The second-order valence-corrected chi connectivity index (χ2v) is 7.61. The zero-order valence-corrected chi connectivity index (χ0v) is 18.0. The quantitative estimate of drug-likeness (QED) is 0.324. The summed E-state index contributed by atoms with van der Waals surface area (Å²) in [6, 6.07) is 10.4. The van der Waals surface area contributed by atoms with Crippen LogP contribution in [0.5, 0.6) is 0 Å². The Balaban J connectivity index is 0.00000119. The first-order valence-corrected chi connectivity index (χ1v) is 10.4. The van der Waals surface area contributed by atoms with Gasteiger partial charge < -0.3 is 15.5 Å². The van der Waals surface area contributed by atoms with Gasteiger partial charge in [0.2, 0.25) is 0 Å². The number of fused-ring (bicyclic) bond motifs is 5. The number of benzene rings is 1. The molecular weight excluding hydrogens is 413 g/mol. The smallest absolute Gasteiger partial charge is 0.278 e. The first-order chi connectivity index (χ1) is 15.6. The molecule has 0 unspecified atom stereocenters. The number of rotatable bonds is 2. The van der Waals surface area contributed by atoms with Crippen LogP contribution >= 0.6 is 0 Å². The van der Waals surface area contributed by atoms with E-state index in [9.17, 15) is 10.0 Å². The number of likely N-dealkylation sites (N-methyl/N-ethyl adjacent to an activating group) is 1. The minimum Gasteiger partial charge on any atom is -0.353 e. The first-order valence-electron chi connectivity index (χ1n) is 10.4. The number of carbonyl (C=O) groups is 1. The molecule has 4 heterocycles. The van der Waals surface area contributed by atoms with Crippen molar-refractivity contribution in [2.75, 3.05) is 45.2 Å². The van der Waals surface area contributed by atoms with Crippen molar-refractivity contribution < 1.29 is 14.4 Å². The molecule has 1 aliphatic heterocycles. The second-order valence-electron chi connectivity index (χ2n) is 7.61. The number of hydroxylamine groups is 1. The highest BCUT2D eigenvalue weighted by molar-refractivity contribution is 6.05. The normalized spacial score (nSPS) is 15.0. The van der Waals surface area contributed by atoms with Crippen LogP contribution in [0, 0.1) is 5.82 Å². The van der Waals surface area contributed by atoms with Crippen LogP contribution in [0.4, 0.5) is 10.2 Å². The molecule has 1 fully saturated rings. The molecule has 1 aromatic carbocycles. The van der Waals surface area contributed by atoms with E-state index in [-0.39, 0.29) is 5.56 Å². The van der Waals surface area contributed by atoms with E-state index in [1.54, 1.807) is 9.88 Å². The van der Waals surface area contributed by atoms with Gasteiger partial charge in [-0.15, -0.1) is 0 Å². The van der Waals surface area contributed by atoms with E-state index >= 15 is 4.39 Å². The van der Waals surface area contributed by atoms with Crippen molar-refractivity contribution in [3.05, 3.63) is 47.8 Å². The van der Waals surface area contributed by atoms with Gasteiger partial charge in [-0.05, 0) is 51.3 Å². The van der Waals surface area contributed by atoms with E-state index in [0.717, 1.165) is 31.6 Å². The number of halogens is 1. The summed E-state index contributed by atoms with van der Waals surface area (Å²) in [7, 11) is 3.56. The van der Waals surface area contributed by atoms with E-state index in [1.807, 2.05) is 29.2 Å². The van der Waals surface area contributed by atoms with Crippen LogP contribution < -0.4 is 16.1 Å². The molecule has 1 amide bonds. The highest BCUT2D eigenvalue weighted by Crippen LogP contribution is 2.29. The van der Waals surface area contributed by atoms with Gasteiger partial charge in [0.1, 0.15) is 5.65 Å². The van der Waals surface area contributed by atoms with Gasteiger partial charge in [0.05, 0.1) is 16.6 Å². The number of amides is 1. The number of aromatic nitrogens is 3. The fraction of sp³-hybridized carbons (Fsp3) is 0.318. The average Bonchev–Trinajstić information content (AvgIpc) is 3.08. The Kier molecular flexibility index (Phi) is 6.17. The summed E-state index contributed by atoms with van der Waals surface area (Å²) in [4.78, 5) is 25.7. The molecule has 0 saturated carbocycles. The lowest BCUT2D eigenvalue weighted by atomic mass is 10.2. The average molecular weight is 439 g/mol. The van der Waals surface area contributed by atoms with E-state index in [1.165, 1.54) is 19.2 Å². The molecule has 9 nitrogen and oxygen atoms in total. The molecule has 0 radical (unpaired) electrons. The van der Waals surface area contributed by atoms with Crippen molar-refractivity contribution in [3.63, 3.8) is 0 Å². The fourth-order valence-electron chi connectivity index (χ4n) is 4.12. The maximum absolute atomic E-state index is 15.1. The van der Waals surface area contributed by atoms with Crippen molar-refractivity contribution in [2.45, 2.75) is 6.42 Å². The predicted octanol–water partition coefficient (Wildman–Crippen LogP) is 2.01. The highest BCUT2D eigenvalue weighted by Gasteiger charge is 2.22. The van der Waals surface area contributed by atoms with Crippen LogP contribution in [0.3, 0.4) is 0 Å². The Morgan fingerprint density at radius 1 is 1.09 bits per heavy atom. The van der Waals surface area contributed by atoms with Gasteiger partial charge in [-0.25, -0.2) is 19.8 Å². The lowest BCUT2D eigenvalue weighted by Gasteiger charge is -2.22. The van der Waals surface area contributed by atoms with E-state index in [0.29, 0.717) is 34.6 Å². The van der Waals surface area contributed by atoms with Crippen LogP contribution in [0.1, 0.15) is 16.8 Å². The number of para-hydroxylation sites is 2. The molecule has 1 saturated heterocycles. The first kappa shape index (κ1) is 21.9. The number of hydrogen-bond donors (Lipinski definition) is 3. The number of nitrogens with zero attached hydrogens (tertiary/aromatic N) is 5. The molecular formula is C22H26FN7O2. The summed E-state index contributed by atoms with van der Waals surface area (Å²) in [6.45, 7) is 3.20. The van der Waals surface area contributed by atoms with Gasteiger partial charge in [-0.2, -0.15) is 0 Å². The molecule has 0 atom stereocenters. The van der Waals surface area contributed by atoms with Gasteiger partial charge in [0.15, 0.2) is 17.3 Å². The summed E-state index contributed by atoms with van der Waals surface area (Å²) < 4.78 is 16.8. The summed E-state index contributed by atoms with van der Waals surface area (Å²) in [5, 5.41) is 9.63. The maximum atomic E-state index is 15.1. The Labute approximate surface area is 184 Å². The summed E-state index contributed by atoms with van der Waals surface area (Å²) >= 11 is 0. The standard InChI is InChI=1S/C21H21FN6O2.CH5N/c1-26-7-4-8-27(10-9-26)20-15(22)12-13-11-14(21(29)25-30)19-23-16-5-2-3-6-17(16)28(19)18(13)24-20;1-2/h2-3,5-6,11-12,30H,4,7-10H2,1H3,(H,25,29);2H2,1H3. The van der Waals surface area contributed by atoms with Gasteiger partial charge in [-0.1, -0.05) is 12.1 Å². The molecule has 3 aromatic heterocycles. The Morgan fingerprint density at radius 2 is 1.88 bits per heavy atom. The number of nitrogens with two attached hydrogens (primary N) is 1. The minimum absolute atomic E-state index is 0.145. The van der Waals surface area contributed by atoms with Crippen molar-refractivity contribution in [3.8, 4) is 0 Å². The topological polar surface area (TPSA) is 112 Å². The summed E-state index contributed by atoms with van der Waals surface area (Å²) in [5.74, 6) is -0.848. The lowest BCUT2D eigenvalue weighted by molar-refractivity contribution is 0.0708. The lowest BCUT2D eigenvalue weighted by Crippen LogP contribution is -2.30. The Morgan fingerprint density at radius 3 is 2.66 bits per heavy atom. The van der Waals surface area contributed by atoms with E-state index in [2.05, 4.69) is 22.7 Å². The molecule has 0 bridgehead atoms. The third kappa shape index (κ3) is 3.72.